The Labute approximate surface area is 313 Å². The number of guanidine groups is 1. The summed E-state index contributed by atoms with van der Waals surface area (Å²) in [5.74, 6) is 1.83. The Morgan fingerprint density at radius 2 is 1.62 bits per heavy atom. The molecule has 2 aromatic carbocycles. The third kappa shape index (κ3) is 21.0. The second kappa shape index (κ2) is 25.3. The monoisotopic (exact) mass is 748 g/mol. The van der Waals surface area contributed by atoms with Crippen LogP contribution in [-0.4, -0.2) is 97.3 Å². The summed E-state index contributed by atoms with van der Waals surface area (Å²) in [4.78, 5) is 40.7. The fourth-order valence-corrected chi connectivity index (χ4v) is 5.67. The molecule has 2 aromatic rings. The predicted octanol–water partition coefficient (Wildman–Crippen LogP) is 9.01. The van der Waals surface area contributed by atoms with E-state index in [1.54, 1.807) is 33.0 Å². The zero-order chi connectivity index (χ0) is 39.1. The minimum Gasteiger partial charge on any atom is -0.406 e. The van der Waals surface area contributed by atoms with E-state index in [0.29, 0.717) is 29.7 Å². The van der Waals surface area contributed by atoms with Crippen LogP contribution in [-0.2, 0) is 4.79 Å². The molecular weight excluding hydrogens is 690 g/mol. The van der Waals surface area contributed by atoms with Crippen LogP contribution in [0, 0.1) is 20.8 Å². The number of alkyl halides is 3. The fourth-order valence-electron chi connectivity index (χ4n) is 5.01. The van der Waals surface area contributed by atoms with E-state index in [0.717, 1.165) is 63.5 Å². The summed E-state index contributed by atoms with van der Waals surface area (Å²) < 4.78 is 38.5. The van der Waals surface area contributed by atoms with Crippen LogP contribution >= 0.6 is 11.8 Å². The van der Waals surface area contributed by atoms with Crippen LogP contribution < -0.4 is 10.1 Å². The highest BCUT2D eigenvalue weighted by atomic mass is 32.2. The van der Waals surface area contributed by atoms with Crippen LogP contribution in [0.25, 0.3) is 0 Å². The van der Waals surface area contributed by atoms with E-state index in [9.17, 15) is 22.8 Å². The minimum absolute atomic E-state index is 0.187. The van der Waals surface area contributed by atoms with Crippen molar-refractivity contribution in [1.82, 2.24) is 15.1 Å². The van der Waals surface area contributed by atoms with Gasteiger partial charge in [-0.25, -0.2) is 9.79 Å². The van der Waals surface area contributed by atoms with Crippen molar-refractivity contribution in [2.45, 2.75) is 93.4 Å². The van der Waals surface area contributed by atoms with Gasteiger partial charge in [-0.1, -0.05) is 75.6 Å². The molecule has 0 aliphatic carbocycles. The van der Waals surface area contributed by atoms with Gasteiger partial charge in [0, 0.05) is 59.0 Å². The molecule has 13 heteroatoms. The number of ketones is 1. The lowest BCUT2D eigenvalue weighted by Crippen LogP contribution is -2.49. The van der Waals surface area contributed by atoms with Gasteiger partial charge in [-0.15, -0.1) is 24.9 Å². The predicted molar refractivity (Wildman–Crippen MR) is 212 cm³/mol. The molecule has 1 fully saturated rings. The zero-order valence-electron chi connectivity index (χ0n) is 32.5. The Bertz CT molecular complexity index is 1440. The van der Waals surface area contributed by atoms with Crippen molar-refractivity contribution in [2.24, 2.45) is 15.0 Å². The van der Waals surface area contributed by atoms with Gasteiger partial charge in [-0.2, -0.15) is 4.99 Å². The molecule has 2 amide bonds. The minimum atomic E-state index is -4.60. The molecule has 0 radical (unpaired) electrons. The number of rotatable bonds is 11. The molecule has 1 saturated heterocycles. The summed E-state index contributed by atoms with van der Waals surface area (Å²) in [5.41, 5.74) is 5.13. The summed E-state index contributed by atoms with van der Waals surface area (Å²) in [6, 6.07) is 12.0. The van der Waals surface area contributed by atoms with E-state index in [-0.39, 0.29) is 17.6 Å². The molecule has 1 aliphatic rings. The Balaban J connectivity index is 0.000000476. The number of hydrogen-bond donors (Lipinski definition) is 1. The van der Waals surface area contributed by atoms with E-state index in [1.807, 2.05) is 13.1 Å². The molecule has 1 heterocycles. The number of piperazine rings is 1. The highest BCUT2D eigenvalue weighted by Gasteiger charge is 2.30. The maximum Gasteiger partial charge on any atom is 0.573 e. The van der Waals surface area contributed by atoms with Gasteiger partial charge in [0.15, 0.2) is 0 Å². The Hall–Kier alpha value is -3.71. The van der Waals surface area contributed by atoms with Gasteiger partial charge in [0.2, 0.25) is 5.96 Å². The number of ether oxygens (including phenoxy) is 1. The number of Topliss-reactive ketones (excluding diaryl/α,β-unsaturated/α-hetero) is 1. The number of nitrogens with zero attached hydrogens (tertiary/aromatic N) is 5. The average Bonchev–Trinajstić information content (AvgIpc) is 3.07. The highest BCUT2D eigenvalue weighted by molar-refractivity contribution is 8.14. The van der Waals surface area contributed by atoms with Crippen molar-refractivity contribution in [3.8, 4) is 5.75 Å². The average molecular weight is 749 g/mol. The standard InChI is InChI=1S/C20H36N6O2S.C11H16.C8H7F3O/c1-5-7-9-22-19(21-4)26-14-12-25(13-15-26)11-10-23-20(28)24-17(3)29-16-18(27)8-6-2;1-8(2)11-6-5-9(3)7-10(11)4;1-6-2-4-7(5-3-6)12-8(9,10)11/h9H,5-8,10-16H2,1-4H3,(H,23,28);5-8H,1-4H3;2-5H,1H3/b21-19?,22-9-,24-17-;;. The molecule has 1 N–H and O–H groups in total. The number of aliphatic imine (C=N–C) groups is 3. The van der Waals surface area contributed by atoms with E-state index in [1.165, 1.54) is 40.6 Å². The number of nitrogens with one attached hydrogen (secondary N) is 1. The lowest BCUT2D eigenvalue weighted by Gasteiger charge is -2.35. The third-order valence-electron chi connectivity index (χ3n) is 7.72. The van der Waals surface area contributed by atoms with E-state index >= 15 is 0 Å². The maximum absolute atomic E-state index is 11.9. The number of benzene rings is 2. The van der Waals surface area contributed by atoms with Gasteiger partial charge < -0.3 is 15.0 Å². The van der Waals surface area contributed by atoms with Crippen LogP contribution in [0.4, 0.5) is 18.0 Å². The van der Waals surface area contributed by atoms with Crippen molar-refractivity contribution in [1.29, 1.82) is 0 Å². The molecule has 9 nitrogen and oxygen atoms in total. The molecule has 1 aliphatic heterocycles. The topological polar surface area (TPSA) is 99.0 Å². The zero-order valence-corrected chi connectivity index (χ0v) is 33.3. The summed E-state index contributed by atoms with van der Waals surface area (Å²) in [6.45, 7) is 21.4. The smallest absolute Gasteiger partial charge is 0.406 e. The van der Waals surface area contributed by atoms with Crippen molar-refractivity contribution in [3.05, 3.63) is 64.7 Å². The summed E-state index contributed by atoms with van der Waals surface area (Å²) in [5, 5.41) is 3.45. The first-order valence-corrected chi connectivity index (χ1v) is 18.9. The quantitative estimate of drug-likeness (QED) is 0.182. The lowest BCUT2D eigenvalue weighted by molar-refractivity contribution is -0.274. The number of aryl methyl sites for hydroxylation is 3. The second-order valence-electron chi connectivity index (χ2n) is 12.8. The van der Waals surface area contributed by atoms with Crippen LogP contribution in [0.3, 0.4) is 0 Å². The van der Waals surface area contributed by atoms with Gasteiger partial charge in [-0.05, 0) is 69.7 Å². The van der Waals surface area contributed by atoms with Crippen molar-refractivity contribution < 1.29 is 27.5 Å². The van der Waals surface area contributed by atoms with Gasteiger partial charge in [0.05, 0.1) is 10.8 Å². The largest absolute Gasteiger partial charge is 0.573 e. The van der Waals surface area contributed by atoms with E-state index in [4.69, 9.17) is 0 Å². The summed E-state index contributed by atoms with van der Waals surface area (Å²) in [7, 11) is 1.78. The summed E-state index contributed by atoms with van der Waals surface area (Å²) in [6.07, 6.45) is 0.812. The highest BCUT2D eigenvalue weighted by Crippen LogP contribution is 2.22. The van der Waals surface area contributed by atoms with Crippen LogP contribution in [0.1, 0.15) is 88.5 Å². The van der Waals surface area contributed by atoms with Gasteiger partial charge in [-0.3, -0.25) is 14.7 Å². The Kier molecular flexibility index (Phi) is 22.5. The first-order chi connectivity index (χ1) is 24.6. The van der Waals surface area contributed by atoms with Gasteiger partial charge in [0.25, 0.3) is 0 Å². The number of thioether (sulfide) groups is 1. The Morgan fingerprint density at radius 3 is 2.15 bits per heavy atom. The SMILES string of the molecule is CCC/C=N\C(=NC)N1CCN(CCNC(=O)/N=C(/C)SCC(=O)CCC)CC1.Cc1ccc(C(C)C)c(C)c1.Cc1ccc(OC(F)(F)F)cc1. The number of hydrogen-bond acceptors (Lipinski definition) is 6. The maximum atomic E-state index is 11.9. The molecule has 0 unspecified atom stereocenters. The number of unbranched alkanes of at least 4 members (excludes halogenated alkanes) is 1. The number of carbonyl (C=O) groups is 2. The van der Waals surface area contributed by atoms with Gasteiger partial charge >= 0.3 is 12.4 Å². The molecule has 290 valence electrons. The molecular formula is C39H59F3N6O3S. The Morgan fingerprint density at radius 1 is 0.981 bits per heavy atom. The normalized spacial score (nSPS) is 14.1. The first-order valence-electron chi connectivity index (χ1n) is 17.9. The summed E-state index contributed by atoms with van der Waals surface area (Å²) >= 11 is 1.33. The third-order valence-corrected chi connectivity index (χ3v) is 8.69. The van der Waals surface area contributed by atoms with Crippen LogP contribution in [0.2, 0.25) is 0 Å². The lowest BCUT2D eigenvalue weighted by atomic mass is 9.97. The van der Waals surface area contributed by atoms with E-state index in [2.05, 4.69) is 87.6 Å². The molecule has 0 saturated carbocycles. The molecule has 0 spiro atoms. The molecule has 0 aromatic heterocycles. The number of urea groups is 1. The van der Waals surface area contributed by atoms with E-state index < -0.39 is 6.36 Å². The first kappa shape index (κ1) is 46.3. The number of amides is 2. The number of carbonyl (C=O) groups excluding carboxylic acids is 2. The van der Waals surface area contributed by atoms with Crippen molar-refractivity contribution >= 4 is 40.8 Å². The second-order valence-corrected chi connectivity index (χ2v) is 13.9. The fraction of sp³-hybridized carbons (Fsp3) is 0.564. The van der Waals surface area contributed by atoms with Crippen LogP contribution in [0.5, 0.6) is 5.75 Å². The van der Waals surface area contributed by atoms with Gasteiger partial charge in [0.1, 0.15) is 11.5 Å². The van der Waals surface area contributed by atoms with Crippen molar-refractivity contribution in [3.63, 3.8) is 0 Å². The molecule has 3 rings (SSSR count). The van der Waals surface area contributed by atoms with Crippen LogP contribution in [0.15, 0.2) is 57.4 Å². The molecule has 0 bridgehead atoms. The molecule has 0 atom stereocenters. The van der Waals surface area contributed by atoms with Crippen molar-refractivity contribution in [2.75, 3.05) is 52.1 Å². The number of halogens is 3. The molecule has 52 heavy (non-hydrogen) atoms.